The highest BCUT2D eigenvalue weighted by Gasteiger charge is 2.34. The Morgan fingerprint density at radius 3 is 2.41 bits per heavy atom. The maximum Gasteiger partial charge on any atom is 0.343 e. The third-order valence-corrected chi connectivity index (χ3v) is 10.1. The van der Waals surface area contributed by atoms with E-state index in [9.17, 15) is 14.4 Å². The SMILES string of the molecule is CCOC(=O)C1=C(C)N=c2s/c(=C/c3cc(Br)c(OCc4cccc5ccccc45)c(OCC)c3)c(=O)n2[C@H]1c1ccc(OCC(=O)OC)c(OCC)c1. The van der Waals surface area contributed by atoms with Gasteiger partial charge in [-0.3, -0.25) is 9.36 Å². The Labute approximate surface area is 324 Å². The number of carbonyl (C=O) groups excluding carboxylic acids is 2. The zero-order valence-electron chi connectivity index (χ0n) is 30.5. The van der Waals surface area contributed by atoms with Crippen LogP contribution in [0.25, 0.3) is 16.8 Å². The molecule has 1 aliphatic heterocycles. The number of esters is 2. The van der Waals surface area contributed by atoms with E-state index in [4.69, 9.17) is 33.4 Å². The van der Waals surface area contributed by atoms with Crippen molar-refractivity contribution >= 4 is 56.1 Å². The minimum atomic E-state index is -0.896. The number of hydrogen-bond acceptors (Lipinski definition) is 11. The van der Waals surface area contributed by atoms with Crippen LogP contribution in [0, 0.1) is 0 Å². The molecule has 5 aromatic rings. The van der Waals surface area contributed by atoms with Gasteiger partial charge in [-0.25, -0.2) is 14.6 Å². The summed E-state index contributed by atoms with van der Waals surface area (Å²) in [7, 11) is 1.27. The van der Waals surface area contributed by atoms with Crippen molar-refractivity contribution in [2.45, 2.75) is 40.3 Å². The molecule has 0 unspecified atom stereocenters. The average molecular weight is 816 g/mol. The third-order valence-electron chi connectivity index (χ3n) is 8.55. The van der Waals surface area contributed by atoms with Crippen LogP contribution >= 0.6 is 27.3 Å². The highest BCUT2D eigenvalue weighted by atomic mass is 79.9. The molecule has 13 heteroatoms. The lowest BCUT2D eigenvalue weighted by Gasteiger charge is -2.25. The smallest absolute Gasteiger partial charge is 0.343 e. The average Bonchev–Trinajstić information content (AvgIpc) is 3.46. The largest absolute Gasteiger partial charge is 0.490 e. The van der Waals surface area contributed by atoms with Crippen LogP contribution in [0.1, 0.15) is 50.4 Å². The Bertz CT molecular complexity index is 2430. The minimum absolute atomic E-state index is 0.135. The molecule has 2 heterocycles. The number of allylic oxidation sites excluding steroid dienone is 1. The number of benzene rings is 4. The van der Waals surface area contributed by atoms with E-state index in [-0.39, 0.29) is 24.3 Å². The van der Waals surface area contributed by atoms with Gasteiger partial charge in [0, 0.05) is 0 Å². The molecule has 0 radical (unpaired) electrons. The molecular formula is C41H39BrN2O9S. The van der Waals surface area contributed by atoms with Gasteiger partial charge >= 0.3 is 11.9 Å². The summed E-state index contributed by atoms with van der Waals surface area (Å²) in [4.78, 5) is 44.8. The van der Waals surface area contributed by atoms with E-state index in [1.54, 1.807) is 38.1 Å². The van der Waals surface area contributed by atoms with E-state index in [1.807, 2.05) is 50.2 Å². The number of fused-ring (bicyclic) bond motifs is 2. The number of halogens is 1. The van der Waals surface area contributed by atoms with Gasteiger partial charge in [-0.1, -0.05) is 59.9 Å². The van der Waals surface area contributed by atoms with Gasteiger partial charge in [0.15, 0.2) is 34.4 Å². The van der Waals surface area contributed by atoms with Gasteiger partial charge in [0.2, 0.25) is 0 Å². The molecule has 1 atom stereocenters. The summed E-state index contributed by atoms with van der Waals surface area (Å²) in [6.45, 7) is 7.97. The highest BCUT2D eigenvalue weighted by Crippen LogP contribution is 2.39. The van der Waals surface area contributed by atoms with Crippen molar-refractivity contribution in [3.05, 3.63) is 125 Å². The second kappa shape index (κ2) is 17.2. The maximum atomic E-state index is 14.4. The van der Waals surface area contributed by atoms with Crippen LogP contribution in [-0.2, 0) is 25.7 Å². The Morgan fingerprint density at radius 2 is 1.65 bits per heavy atom. The van der Waals surface area contributed by atoms with Gasteiger partial charge in [-0.15, -0.1) is 0 Å². The van der Waals surface area contributed by atoms with Crippen LogP contribution in [0.15, 0.2) is 98.3 Å². The standard InChI is InChI=1S/C41H39BrN2O9S/c1-6-49-32-21-27(16-17-31(32)52-23-35(45)48-5)37-36(40(47)51-8-3)24(4)43-41-44(37)39(46)34(54-41)20-25-18-30(42)38(33(19-25)50-7-2)53-22-28-14-11-13-26-12-9-10-15-29(26)28/h9-21,37H,6-8,22-23H2,1-5H3/b34-20+/t37-/m0/s1. The van der Waals surface area contributed by atoms with Crippen LogP contribution in [0.2, 0.25) is 0 Å². The summed E-state index contributed by atoms with van der Waals surface area (Å²) in [6.07, 6.45) is 1.77. The van der Waals surface area contributed by atoms with Crippen molar-refractivity contribution in [3.63, 3.8) is 0 Å². The predicted octanol–water partition coefficient (Wildman–Crippen LogP) is 6.64. The molecule has 54 heavy (non-hydrogen) atoms. The number of hydrogen-bond donors (Lipinski definition) is 0. The van der Waals surface area contributed by atoms with Crippen LogP contribution in [0.5, 0.6) is 23.0 Å². The molecule has 0 saturated heterocycles. The molecule has 0 aliphatic carbocycles. The van der Waals surface area contributed by atoms with Gasteiger partial charge in [0.05, 0.1) is 53.2 Å². The first-order valence-corrected chi connectivity index (χ1v) is 19.0. The Kier molecular flexibility index (Phi) is 12.2. The number of rotatable bonds is 14. The topological polar surface area (TPSA) is 124 Å². The van der Waals surface area contributed by atoms with E-state index in [2.05, 4.69) is 34.1 Å². The number of methoxy groups -OCH3 is 1. The van der Waals surface area contributed by atoms with Crippen molar-refractivity contribution in [2.75, 3.05) is 33.5 Å². The van der Waals surface area contributed by atoms with E-state index >= 15 is 0 Å². The summed E-state index contributed by atoms with van der Waals surface area (Å²) in [5.74, 6) is 0.545. The summed E-state index contributed by atoms with van der Waals surface area (Å²) in [5.41, 5.74) is 2.57. The van der Waals surface area contributed by atoms with Crippen LogP contribution in [-0.4, -0.2) is 50.0 Å². The molecule has 11 nitrogen and oxygen atoms in total. The lowest BCUT2D eigenvalue weighted by atomic mass is 9.95. The minimum Gasteiger partial charge on any atom is -0.490 e. The number of carbonyl (C=O) groups is 2. The number of thiazole rings is 1. The number of ether oxygens (including phenoxy) is 6. The molecule has 6 rings (SSSR count). The zero-order chi connectivity index (χ0) is 38.4. The van der Waals surface area contributed by atoms with E-state index in [1.165, 1.54) is 23.0 Å². The molecule has 1 aliphatic rings. The number of nitrogens with zero attached hydrogens (tertiary/aromatic N) is 2. The van der Waals surface area contributed by atoms with Crippen molar-refractivity contribution in [3.8, 4) is 23.0 Å². The zero-order valence-corrected chi connectivity index (χ0v) is 32.9. The van der Waals surface area contributed by atoms with E-state index in [0.717, 1.165) is 16.3 Å². The van der Waals surface area contributed by atoms with E-state index in [0.29, 0.717) is 73.4 Å². The molecule has 0 N–H and O–H groups in total. The Hall–Kier alpha value is -5.40. The number of aromatic nitrogens is 1. The molecule has 0 fully saturated rings. The first kappa shape index (κ1) is 38.3. The normalized spacial score (nSPS) is 14.0. The molecule has 0 amide bonds. The quantitative estimate of drug-likeness (QED) is 0.114. The molecule has 0 bridgehead atoms. The fourth-order valence-electron chi connectivity index (χ4n) is 6.18. The summed E-state index contributed by atoms with van der Waals surface area (Å²) >= 11 is 4.89. The van der Waals surface area contributed by atoms with E-state index < -0.39 is 18.0 Å². The molecule has 4 aromatic carbocycles. The summed E-state index contributed by atoms with van der Waals surface area (Å²) < 4.78 is 36.6. The fraction of sp³-hybridized carbons (Fsp3) is 0.268. The Morgan fingerprint density at radius 1 is 0.889 bits per heavy atom. The monoisotopic (exact) mass is 814 g/mol. The summed E-state index contributed by atoms with van der Waals surface area (Å²) in [6, 6.07) is 22.1. The van der Waals surface area contributed by atoms with Crippen molar-refractivity contribution in [1.82, 2.24) is 4.57 Å². The van der Waals surface area contributed by atoms with Gasteiger partial charge in [-0.05, 0) is 101 Å². The van der Waals surface area contributed by atoms with Crippen LogP contribution in [0.3, 0.4) is 0 Å². The second-order valence-corrected chi connectivity index (χ2v) is 13.9. The third kappa shape index (κ3) is 8.07. The van der Waals surface area contributed by atoms with Crippen molar-refractivity contribution in [2.24, 2.45) is 4.99 Å². The molecule has 280 valence electrons. The van der Waals surface area contributed by atoms with Gasteiger partial charge < -0.3 is 28.4 Å². The summed E-state index contributed by atoms with van der Waals surface area (Å²) in [5, 5.41) is 2.24. The molecule has 0 spiro atoms. The van der Waals surface area contributed by atoms with Crippen LogP contribution < -0.4 is 33.8 Å². The van der Waals surface area contributed by atoms with Crippen molar-refractivity contribution < 1.29 is 38.0 Å². The Balaban J connectivity index is 1.41. The maximum absolute atomic E-state index is 14.4. The first-order chi connectivity index (χ1) is 26.2. The lowest BCUT2D eigenvalue weighted by Crippen LogP contribution is -2.40. The lowest BCUT2D eigenvalue weighted by molar-refractivity contribution is -0.143. The van der Waals surface area contributed by atoms with Crippen LogP contribution in [0.4, 0.5) is 0 Å². The molecule has 1 aromatic heterocycles. The highest BCUT2D eigenvalue weighted by molar-refractivity contribution is 9.10. The fourth-order valence-corrected chi connectivity index (χ4v) is 7.80. The van der Waals surface area contributed by atoms with Gasteiger partial charge in [-0.2, -0.15) is 0 Å². The first-order valence-electron chi connectivity index (χ1n) is 17.4. The predicted molar refractivity (Wildman–Crippen MR) is 209 cm³/mol. The van der Waals surface area contributed by atoms with Gasteiger partial charge in [0.25, 0.3) is 5.56 Å². The van der Waals surface area contributed by atoms with Crippen molar-refractivity contribution in [1.29, 1.82) is 0 Å². The van der Waals surface area contributed by atoms with Gasteiger partial charge in [0.1, 0.15) is 6.61 Å². The second-order valence-electron chi connectivity index (χ2n) is 12.0. The molecular weight excluding hydrogens is 776 g/mol. The molecule has 0 saturated carbocycles.